The summed E-state index contributed by atoms with van der Waals surface area (Å²) >= 11 is 0. The van der Waals surface area contributed by atoms with E-state index in [9.17, 15) is 18.0 Å². The lowest BCUT2D eigenvalue weighted by Crippen LogP contribution is -2.27. The van der Waals surface area contributed by atoms with Gasteiger partial charge in [-0.25, -0.2) is 0 Å². The first-order chi connectivity index (χ1) is 14.8. The van der Waals surface area contributed by atoms with Gasteiger partial charge in [0.1, 0.15) is 11.5 Å². The molecule has 0 aliphatic carbocycles. The van der Waals surface area contributed by atoms with Crippen LogP contribution in [0.5, 0.6) is 11.5 Å². The van der Waals surface area contributed by atoms with Gasteiger partial charge in [0.15, 0.2) is 5.82 Å². The molecule has 158 valence electrons. The van der Waals surface area contributed by atoms with E-state index in [4.69, 9.17) is 4.74 Å². The number of carbonyl (C=O) groups is 1. The molecule has 0 aliphatic rings. The van der Waals surface area contributed by atoms with Crippen molar-refractivity contribution < 1.29 is 22.7 Å². The van der Waals surface area contributed by atoms with Crippen LogP contribution in [0, 0.1) is 0 Å². The standard InChI is InChI=1S/C21H16F3N5O2/c1-12(19-26-28-29-27-19)25-20(30)14-5-10-17-13(11-14)3-2-4-18(17)31-16-8-6-15(7-9-16)21(22,23)24/h2-12H,1H3,(H,25,30)(H,26,27,28,29)/t12-/m0/s1. The number of amides is 1. The highest BCUT2D eigenvalue weighted by Gasteiger charge is 2.30. The number of tetrazole rings is 1. The molecule has 1 heterocycles. The van der Waals surface area contributed by atoms with Gasteiger partial charge >= 0.3 is 6.18 Å². The maximum Gasteiger partial charge on any atom is 0.416 e. The highest BCUT2D eigenvalue weighted by molar-refractivity contribution is 6.00. The van der Waals surface area contributed by atoms with E-state index >= 15 is 0 Å². The second-order valence-corrected chi connectivity index (χ2v) is 6.78. The van der Waals surface area contributed by atoms with Crippen LogP contribution in [0.3, 0.4) is 0 Å². The summed E-state index contributed by atoms with van der Waals surface area (Å²) in [6.45, 7) is 1.74. The minimum Gasteiger partial charge on any atom is -0.457 e. The molecule has 0 aliphatic heterocycles. The molecule has 0 saturated carbocycles. The molecule has 4 rings (SSSR count). The van der Waals surface area contributed by atoms with Crippen molar-refractivity contribution in [2.24, 2.45) is 0 Å². The van der Waals surface area contributed by atoms with Gasteiger partial charge in [0.25, 0.3) is 5.91 Å². The van der Waals surface area contributed by atoms with E-state index in [1.54, 1.807) is 37.3 Å². The zero-order valence-electron chi connectivity index (χ0n) is 16.1. The van der Waals surface area contributed by atoms with Crippen LogP contribution in [0.2, 0.25) is 0 Å². The van der Waals surface area contributed by atoms with Crippen molar-refractivity contribution in [2.75, 3.05) is 0 Å². The molecule has 0 bridgehead atoms. The minimum atomic E-state index is -4.41. The van der Waals surface area contributed by atoms with Gasteiger partial charge in [-0.15, -0.1) is 10.2 Å². The van der Waals surface area contributed by atoms with Gasteiger partial charge in [0, 0.05) is 10.9 Å². The van der Waals surface area contributed by atoms with E-state index in [0.29, 0.717) is 22.5 Å². The normalized spacial score (nSPS) is 12.5. The molecular weight excluding hydrogens is 411 g/mol. The van der Waals surface area contributed by atoms with Crippen LogP contribution in [-0.4, -0.2) is 26.5 Å². The van der Waals surface area contributed by atoms with E-state index in [0.717, 1.165) is 17.5 Å². The van der Waals surface area contributed by atoms with Crippen LogP contribution in [0.15, 0.2) is 60.7 Å². The third-order valence-corrected chi connectivity index (χ3v) is 4.61. The molecular formula is C21H16F3N5O2. The Balaban J connectivity index is 1.55. The number of H-pyrrole nitrogens is 1. The molecule has 1 atom stereocenters. The van der Waals surface area contributed by atoms with Gasteiger partial charge in [0.2, 0.25) is 0 Å². The topological polar surface area (TPSA) is 92.8 Å². The fourth-order valence-electron chi connectivity index (χ4n) is 3.02. The monoisotopic (exact) mass is 427 g/mol. The fraction of sp³-hybridized carbons (Fsp3) is 0.143. The van der Waals surface area contributed by atoms with Crippen molar-refractivity contribution in [3.8, 4) is 11.5 Å². The lowest BCUT2D eigenvalue weighted by Gasteiger charge is -2.13. The first kappa shape index (κ1) is 20.3. The molecule has 0 unspecified atom stereocenters. The van der Waals surface area contributed by atoms with E-state index < -0.39 is 17.8 Å². The summed E-state index contributed by atoms with van der Waals surface area (Å²) in [5.74, 6) is 0.787. The fourth-order valence-corrected chi connectivity index (χ4v) is 3.02. The summed E-state index contributed by atoms with van der Waals surface area (Å²) in [6.07, 6.45) is -4.41. The number of hydrogen-bond donors (Lipinski definition) is 2. The Morgan fingerprint density at radius 1 is 1.10 bits per heavy atom. The first-order valence-electron chi connectivity index (χ1n) is 9.23. The predicted octanol–water partition coefficient (Wildman–Crippen LogP) is 4.66. The largest absolute Gasteiger partial charge is 0.457 e. The molecule has 0 fully saturated rings. The van der Waals surface area contributed by atoms with Crippen LogP contribution in [0.1, 0.15) is 34.7 Å². The lowest BCUT2D eigenvalue weighted by atomic mass is 10.1. The Hall–Kier alpha value is -3.95. The average molecular weight is 427 g/mol. The number of alkyl halides is 3. The first-order valence-corrected chi connectivity index (χ1v) is 9.23. The van der Waals surface area contributed by atoms with E-state index in [-0.39, 0.29) is 11.7 Å². The van der Waals surface area contributed by atoms with Gasteiger partial charge in [-0.1, -0.05) is 17.3 Å². The molecule has 3 aromatic carbocycles. The molecule has 7 nitrogen and oxygen atoms in total. The maximum atomic E-state index is 12.7. The summed E-state index contributed by atoms with van der Waals surface area (Å²) in [5, 5.41) is 17.7. The van der Waals surface area contributed by atoms with Crippen LogP contribution in [-0.2, 0) is 6.18 Å². The average Bonchev–Trinajstić information content (AvgIpc) is 3.28. The number of halogens is 3. The van der Waals surface area contributed by atoms with Gasteiger partial charge in [0.05, 0.1) is 11.6 Å². The summed E-state index contributed by atoms with van der Waals surface area (Å²) in [6, 6.07) is 14.4. The predicted molar refractivity (Wildman–Crippen MR) is 106 cm³/mol. The smallest absolute Gasteiger partial charge is 0.416 e. The van der Waals surface area contributed by atoms with Crippen LogP contribution < -0.4 is 10.1 Å². The van der Waals surface area contributed by atoms with Crippen molar-refractivity contribution in [3.05, 3.63) is 77.6 Å². The van der Waals surface area contributed by atoms with Gasteiger partial charge in [-0.3, -0.25) is 4.79 Å². The zero-order valence-corrected chi connectivity index (χ0v) is 16.1. The van der Waals surface area contributed by atoms with Gasteiger partial charge in [-0.05, 0) is 60.8 Å². The third-order valence-electron chi connectivity index (χ3n) is 4.61. The quantitative estimate of drug-likeness (QED) is 0.484. The minimum absolute atomic E-state index is 0.274. The Bertz CT molecular complexity index is 1210. The number of aromatic nitrogens is 4. The zero-order chi connectivity index (χ0) is 22.0. The molecule has 0 radical (unpaired) electrons. The molecule has 1 aromatic heterocycles. The second kappa shape index (κ2) is 8.05. The van der Waals surface area contributed by atoms with Crippen molar-refractivity contribution in [1.29, 1.82) is 0 Å². The second-order valence-electron chi connectivity index (χ2n) is 6.78. The highest BCUT2D eigenvalue weighted by atomic mass is 19.4. The van der Waals surface area contributed by atoms with Gasteiger partial charge < -0.3 is 10.1 Å². The van der Waals surface area contributed by atoms with Crippen LogP contribution in [0.4, 0.5) is 13.2 Å². The van der Waals surface area contributed by atoms with E-state index in [2.05, 4.69) is 25.9 Å². The molecule has 0 saturated heterocycles. The Morgan fingerprint density at radius 2 is 1.87 bits per heavy atom. The Morgan fingerprint density at radius 3 is 2.55 bits per heavy atom. The van der Waals surface area contributed by atoms with Crippen molar-refractivity contribution >= 4 is 16.7 Å². The van der Waals surface area contributed by atoms with Crippen molar-refractivity contribution in [3.63, 3.8) is 0 Å². The number of carbonyl (C=O) groups excluding carboxylic acids is 1. The Labute approximate surface area is 174 Å². The van der Waals surface area contributed by atoms with Crippen molar-refractivity contribution in [1.82, 2.24) is 25.9 Å². The number of nitrogens with zero attached hydrogens (tertiary/aromatic N) is 3. The lowest BCUT2D eigenvalue weighted by molar-refractivity contribution is -0.137. The van der Waals surface area contributed by atoms with E-state index in [1.807, 2.05) is 6.07 Å². The molecule has 0 spiro atoms. The van der Waals surface area contributed by atoms with E-state index in [1.165, 1.54) is 12.1 Å². The number of rotatable bonds is 5. The molecule has 1 amide bonds. The van der Waals surface area contributed by atoms with Crippen LogP contribution in [0.25, 0.3) is 10.8 Å². The molecule has 2 N–H and O–H groups in total. The SMILES string of the molecule is C[C@H](NC(=O)c1ccc2c(Oc3ccc(C(F)(F)F)cc3)cccc2c1)c1nn[nH]n1. The summed E-state index contributed by atoms with van der Waals surface area (Å²) in [5.41, 5.74) is -0.321. The number of aromatic amines is 1. The number of benzene rings is 3. The summed E-state index contributed by atoms with van der Waals surface area (Å²) < 4.78 is 44.0. The van der Waals surface area contributed by atoms with Crippen molar-refractivity contribution in [2.45, 2.75) is 19.1 Å². The number of nitrogens with one attached hydrogen (secondary N) is 2. The number of fused-ring (bicyclic) bond motifs is 1. The molecule has 31 heavy (non-hydrogen) atoms. The van der Waals surface area contributed by atoms with Gasteiger partial charge in [-0.2, -0.15) is 18.4 Å². The maximum absolute atomic E-state index is 12.7. The Kier molecular flexibility index (Phi) is 5.28. The summed E-state index contributed by atoms with van der Waals surface area (Å²) in [7, 11) is 0. The third kappa shape index (κ3) is 4.47. The van der Waals surface area contributed by atoms with Crippen LogP contribution >= 0.6 is 0 Å². The number of ether oxygens (including phenoxy) is 1. The molecule has 10 heteroatoms. The number of hydrogen-bond acceptors (Lipinski definition) is 5. The molecule has 4 aromatic rings. The highest BCUT2D eigenvalue weighted by Crippen LogP contribution is 2.33. The summed E-state index contributed by atoms with van der Waals surface area (Å²) in [4.78, 5) is 12.6.